The van der Waals surface area contributed by atoms with Gasteiger partial charge in [-0.05, 0) is 31.2 Å². The van der Waals surface area contributed by atoms with Gasteiger partial charge in [-0.15, -0.1) is 0 Å². The molecular formula is C23H26B2N2O2. The van der Waals surface area contributed by atoms with Gasteiger partial charge in [-0.1, -0.05) is 71.1 Å². The van der Waals surface area contributed by atoms with Crippen molar-refractivity contribution in [3.63, 3.8) is 0 Å². The van der Waals surface area contributed by atoms with E-state index in [1.54, 1.807) is 15.0 Å². The van der Waals surface area contributed by atoms with E-state index >= 15 is 0 Å². The van der Waals surface area contributed by atoms with Gasteiger partial charge in [-0.25, -0.2) is 0 Å². The maximum absolute atomic E-state index is 5.69. The molecule has 0 aromatic heterocycles. The summed E-state index contributed by atoms with van der Waals surface area (Å²) in [6.07, 6.45) is 0. The van der Waals surface area contributed by atoms with E-state index in [-0.39, 0.29) is 0 Å². The third kappa shape index (κ3) is 8.06. The minimum atomic E-state index is 0.601. The normalized spacial score (nSPS) is 10.4. The summed E-state index contributed by atoms with van der Waals surface area (Å²) >= 11 is 0. The second-order valence-corrected chi connectivity index (χ2v) is 6.74. The molecule has 2 N–H and O–H groups in total. The molecule has 0 fully saturated rings. The largest absolute Gasteiger partial charge is 0.432 e. The number of anilines is 2. The van der Waals surface area contributed by atoms with E-state index in [0.29, 0.717) is 13.2 Å². The van der Waals surface area contributed by atoms with Gasteiger partial charge in [0.1, 0.15) is 0 Å². The molecule has 0 spiro atoms. The van der Waals surface area contributed by atoms with Crippen LogP contribution in [0.5, 0.6) is 0 Å². The Labute approximate surface area is 175 Å². The van der Waals surface area contributed by atoms with E-state index in [9.17, 15) is 0 Å². The number of rotatable bonds is 12. The molecule has 0 aliphatic heterocycles. The fraction of sp³-hybridized carbons (Fsp3) is 0.217. The molecule has 146 valence electrons. The van der Waals surface area contributed by atoms with Crippen molar-refractivity contribution in [3.05, 3.63) is 84.4 Å². The van der Waals surface area contributed by atoms with Crippen LogP contribution in [0.3, 0.4) is 0 Å². The quantitative estimate of drug-likeness (QED) is 0.372. The molecule has 3 rings (SSSR count). The first-order valence-electron chi connectivity index (χ1n) is 9.89. The SMILES string of the molecule is Cc1cc([B]OCCNc2ccccc2)cc([B]OCCNc2ccccc2)c1. The van der Waals surface area contributed by atoms with Crippen LogP contribution in [0, 0.1) is 6.92 Å². The van der Waals surface area contributed by atoms with Gasteiger partial charge >= 0.3 is 15.0 Å². The first-order valence-corrected chi connectivity index (χ1v) is 9.89. The molecule has 0 aliphatic carbocycles. The summed E-state index contributed by atoms with van der Waals surface area (Å²) in [5.74, 6) is 0. The molecule has 0 atom stereocenters. The lowest BCUT2D eigenvalue weighted by Gasteiger charge is -2.09. The highest BCUT2D eigenvalue weighted by molar-refractivity contribution is 6.51. The Bertz CT molecular complexity index is 780. The highest BCUT2D eigenvalue weighted by Crippen LogP contribution is 2.04. The Morgan fingerprint density at radius 1 is 0.655 bits per heavy atom. The average Bonchev–Trinajstić information content (AvgIpc) is 2.74. The average molecular weight is 384 g/mol. The fourth-order valence-corrected chi connectivity index (χ4v) is 2.91. The van der Waals surface area contributed by atoms with Crippen LogP contribution < -0.4 is 21.6 Å². The van der Waals surface area contributed by atoms with E-state index in [1.165, 1.54) is 5.56 Å². The van der Waals surface area contributed by atoms with Crippen LogP contribution in [0.15, 0.2) is 78.9 Å². The van der Waals surface area contributed by atoms with Crippen molar-refractivity contribution in [1.82, 2.24) is 0 Å². The Balaban J connectivity index is 1.34. The molecule has 6 heteroatoms. The van der Waals surface area contributed by atoms with Crippen molar-refractivity contribution >= 4 is 37.3 Å². The molecule has 0 bridgehead atoms. The van der Waals surface area contributed by atoms with Crippen molar-refractivity contribution in [1.29, 1.82) is 0 Å². The molecular weight excluding hydrogens is 358 g/mol. The molecule has 4 nitrogen and oxygen atoms in total. The molecule has 0 heterocycles. The van der Waals surface area contributed by atoms with Gasteiger partial charge in [0.25, 0.3) is 0 Å². The first-order chi connectivity index (χ1) is 14.3. The van der Waals surface area contributed by atoms with Crippen molar-refractivity contribution in [2.24, 2.45) is 0 Å². The van der Waals surface area contributed by atoms with Gasteiger partial charge in [-0.3, -0.25) is 0 Å². The Kier molecular flexibility index (Phi) is 8.70. The highest BCUT2D eigenvalue weighted by Gasteiger charge is 2.04. The lowest BCUT2D eigenvalue weighted by molar-refractivity contribution is 0.358. The van der Waals surface area contributed by atoms with Crippen molar-refractivity contribution in [3.8, 4) is 0 Å². The van der Waals surface area contributed by atoms with Crippen molar-refractivity contribution < 1.29 is 9.31 Å². The zero-order valence-electron chi connectivity index (χ0n) is 16.8. The third-order valence-corrected chi connectivity index (χ3v) is 4.21. The van der Waals surface area contributed by atoms with E-state index in [4.69, 9.17) is 9.31 Å². The number of nitrogens with one attached hydrogen (secondary N) is 2. The monoisotopic (exact) mass is 384 g/mol. The predicted molar refractivity (Wildman–Crippen MR) is 124 cm³/mol. The van der Waals surface area contributed by atoms with Crippen molar-refractivity contribution in [2.45, 2.75) is 6.92 Å². The number of para-hydroxylation sites is 2. The predicted octanol–water partition coefficient (Wildman–Crippen LogP) is 2.74. The molecule has 2 radical (unpaired) electrons. The number of hydrogen-bond donors (Lipinski definition) is 2. The van der Waals surface area contributed by atoms with E-state index in [0.717, 1.165) is 35.4 Å². The second-order valence-electron chi connectivity index (χ2n) is 6.74. The van der Waals surface area contributed by atoms with Gasteiger partial charge in [0.15, 0.2) is 0 Å². The molecule has 0 saturated heterocycles. The molecule has 0 amide bonds. The first kappa shape index (κ1) is 21.0. The van der Waals surface area contributed by atoms with Gasteiger partial charge in [-0.2, -0.15) is 0 Å². The maximum Gasteiger partial charge on any atom is 0.330 e. The van der Waals surface area contributed by atoms with Crippen LogP contribution in [0.2, 0.25) is 0 Å². The van der Waals surface area contributed by atoms with Crippen LogP contribution >= 0.6 is 0 Å². The smallest absolute Gasteiger partial charge is 0.330 e. The number of aryl methyl sites for hydroxylation is 1. The minimum Gasteiger partial charge on any atom is -0.432 e. The van der Waals surface area contributed by atoms with Crippen molar-refractivity contribution in [2.75, 3.05) is 36.9 Å². The van der Waals surface area contributed by atoms with E-state index < -0.39 is 0 Å². The van der Waals surface area contributed by atoms with Gasteiger partial charge in [0, 0.05) is 37.7 Å². The summed E-state index contributed by atoms with van der Waals surface area (Å²) < 4.78 is 11.4. The molecule has 3 aromatic rings. The summed E-state index contributed by atoms with van der Waals surface area (Å²) in [4.78, 5) is 0. The van der Waals surface area contributed by atoms with E-state index in [2.05, 4.69) is 35.8 Å². The fourth-order valence-electron chi connectivity index (χ4n) is 2.91. The molecule has 0 aliphatic rings. The topological polar surface area (TPSA) is 42.5 Å². The zero-order valence-corrected chi connectivity index (χ0v) is 16.8. The Hall–Kier alpha value is -2.69. The van der Waals surface area contributed by atoms with Gasteiger partial charge in [0.05, 0.1) is 0 Å². The summed E-state index contributed by atoms with van der Waals surface area (Å²) in [5.41, 5.74) is 5.43. The Morgan fingerprint density at radius 3 is 1.55 bits per heavy atom. The molecule has 29 heavy (non-hydrogen) atoms. The second kappa shape index (κ2) is 12.0. The minimum absolute atomic E-state index is 0.601. The highest BCUT2D eigenvalue weighted by atomic mass is 16.4. The third-order valence-electron chi connectivity index (χ3n) is 4.21. The Morgan fingerprint density at radius 2 is 1.10 bits per heavy atom. The van der Waals surface area contributed by atoms with Crippen LogP contribution in [0.25, 0.3) is 0 Å². The van der Waals surface area contributed by atoms with Crippen LogP contribution in [0.4, 0.5) is 11.4 Å². The van der Waals surface area contributed by atoms with Gasteiger partial charge in [0.2, 0.25) is 0 Å². The summed E-state index contributed by atoms with van der Waals surface area (Å²) in [6.45, 7) is 4.78. The summed E-state index contributed by atoms with van der Waals surface area (Å²) in [5, 5.41) is 6.66. The number of benzene rings is 3. The van der Waals surface area contributed by atoms with Crippen LogP contribution in [-0.2, 0) is 9.31 Å². The molecule has 3 aromatic carbocycles. The summed E-state index contributed by atoms with van der Waals surface area (Å²) in [7, 11) is 3.60. The van der Waals surface area contributed by atoms with Crippen LogP contribution in [-0.4, -0.2) is 41.3 Å². The lowest BCUT2D eigenvalue weighted by Crippen LogP contribution is -2.28. The molecule has 0 unspecified atom stereocenters. The van der Waals surface area contributed by atoms with E-state index in [1.807, 2.05) is 60.7 Å². The zero-order chi connectivity index (χ0) is 20.2. The lowest BCUT2D eigenvalue weighted by atomic mass is 9.79. The molecule has 0 saturated carbocycles. The number of hydrogen-bond acceptors (Lipinski definition) is 4. The van der Waals surface area contributed by atoms with Gasteiger partial charge < -0.3 is 19.9 Å². The maximum atomic E-state index is 5.69. The summed E-state index contributed by atoms with van der Waals surface area (Å²) in [6, 6.07) is 26.5. The van der Waals surface area contributed by atoms with Crippen LogP contribution in [0.1, 0.15) is 5.56 Å². The standard InChI is InChI=1S/C23H26B2N2O2/c1-19-16-20(24-28-14-12-26-22-8-4-2-5-9-22)18-21(17-19)25-29-15-13-27-23-10-6-3-7-11-23/h2-11,16-18,26-27H,12-15H2,1H3.